The maximum absolute atomic E-state index is 12.8. The van der Waals surface area contributed by atoms with Crippen LogP contribution in [0.1, 0.15) is 93.3 Å². The van der Waals surface area contributed by atoms with Gasteiger partial charge in [0, 0.05) is 32.7 Å². The number of unbranched alkanes of at least 4 members (excludes halogenated alkanes) is 3. The Hall–Kier alpha value is -4.16. The lowest BCUT2D eigenvalue weighted by atomic mass is 9.78. The number of fused-ring (bicyclic) bond motifs is 2. The van der Waals surface area contributed by atoms with Crippen LogP contribution in [0.3, 0.4) is 0 Å². The van der Waals surface area contributed by atoms with Crippen molar-refractivity contribution >= 4 is 40.0 Å². The number of rotatable bonds is 12. The molecule has 5 rings (SSSR count). The topological polar surface area (TPSA) is 95.3 Å². The van der Waals surface area contributed by atoms with E-state index in [1.165, 1.54) is 0 Å². The second-order valence-corrected chi connectivity index (χ2v) is 12.5. The summed E-state index contributed by atoms with van der Waals surface area (Å²) in [7, 11) is 0. The maximum Gasteiger partial charge on any atom is 0.338 e. The fourth-order valence-corrected chi connectivity index (χ4v) is 6.02. The third kappa shape index (κ3) is 6.36. The lowest BCUT2D eigenvalue weighted by Crippen LogP contribution is -2.20. The zero-order chi connectivity index (χ0) is 31.4. The third-order valence-corrected chi connectivity index (χ3v) is 8.66. The molecule has 228 valence electrons. The fourth-order valence-electron chi connectivity index (χ4n) is 5.79. The molecule has 0 saturated carbocycles. The summed E-state index contributed by atoms with van der Waals surface area (Å²) in [6.07, 6.45) is 6.18. The van der Waals surface area contributed by atoms with Gasteiger partial charge in [0.25, 0.3) is 0 Å². The molecule has 0 atom stereocenters. The number of nitrogens with one attached hydrogen (secondary N) is 3. The van der Waals surface area contributed by atoms with Gasteiger partial charge in [0.2, 0.25) is 0 Å². The van der Waals surface area contributed by atoms with E-state index in [1.54, 1.807) is 18.2 Å². The molecular formula is C37H40ClN3O3. The largest absolute Gasteiger partial charge is 0.462 e. The molecule has 4 aromatic carbocycles. The lowest BCUT2D eigenvalue weighted by Gasteiger charge is -2.27. The smallest absolute Gasteiger partial charge is 0.338 e. The van der Waals surface area contributed by atoms with Crippen LogP contribution in [0, 0.1) is 10.8 Å². The molecule has 1 aliphatic heterocycles. The normalized spacial score (nSPS) is 12.8. The Morgan fingerprint density at radius 2 is 1.64 bits per heavy atom. The summed E-state index contributed by atoms with van der Waals surface area (Å²) in [5.41, 5.74) is 4.15. The first kappa shape index (κ1) is 31.3. The number of carbonyl (C=O) groups excluding carboxylic acids is 1. The number of ether oxygens (including phenoxy) is 2. The first-order valence-electron chi connectivity index (χ1n) is 15.4. The minimum absolute atomic E-state index is 0.144. The van der Waals surface area contributed by atoms with Crippen LogP contribution < -0.4 is 10.1 Å². The monoisotopic (exact) mass is 609 g/mol. The van der Waals surface area contributed by atoms with Gasteiger partial charge >= 0.3 is 5.97 Å². The predicted molar refractivity (Wildman–Crippen MR) is 180 cm³/mol. The van der Waals surface area contributed by atoms with Crippen LogP contribution in [0.4, 0.5) is 0 Å². The van der Waals surface area contributed by atoms with Crippen molar-refractivity contribution in [2.75, 3.05) is 6.61 Å². The molecule has 7 heteroatoms. The molecule has 1 heterocycles. The maximum atomic E-state index is 12.8. The van der Waals surface area contributed by atoms with Gasteiger partial charge in [-0.15, -0.1) is 0 Å². The van der Waals surface area contributed by atoms with Crippen molar-refractivity contribution in [3.63, 3.8) is 0 Å². The molecule has 0 amide bonds. The van der Waals surface area contributed by atoms with Crippen LogP contribution in [0.15, 0.2) is 66.7 Å². The van der Waals surface area contributed by atoms with Gasteiger partial charge in [-0.2, -0.15) is 0 Å². The average Bonchev–Trinajstić information content (AvgIpc) is 3.29. The van der Waals surface area contributed by atoms with Gasteiger partial charge in [-0.25, -0.2) is 4.79 Å². The van der Waals surface area contributed by atoms with E-state index in [2.05, 4.69) is 45.1 Å². The fraction of sp³-hybridized carbons (Fsp3) is 0.324. The molecule has 1 aliphatic rings. The Bertz CT molecular complexity index is 1740. The summed E-state index contributed by atoms with van der Waals surface area (Å²) >= 11 is 6.80. The minimum atomic E-state index is -0.382. The van der Waals surface area contributed by atoms with E-state index < -0.39 is 0 Å². The van der Waals surface area contributed by atoms with Crippen molar-refractivity contribution in [2.24, 2.45) is 0 Å². The van der Waals surface area contributed by atoms with Crippen LogP contribution in [0.25, 0.3) is 21.9 Å². The number of carbonyl (C=O) groups is 1. The van der Waals surface area contributed by atoms with Crippen molar-refractivity contribution in [1.82, 2.24) is 5.32 Å². The van der Waals surface area contributed by atoms with E-state index in [4.69, 9.17) is 31.9 Å². The van der Waals surface area contributed by atoms with E-state index in [-0.39, 0.29) is 23.1 Å². The summed E-state index contributed by atoms with van der Waals surface area (Å²) in [4.78, 5) is 12.8. The van der Waals surface area contributed by atoms with E-state index in [1.807, 2.05) is 36.4 Å². The zero-order valence-corrected chi connectivity index (χ0v) is 26.7. The first-order chi connectivity index (χ1) is 21.1. The Labute approximate surface area is 264 Å². The third-order valence-electron chi connectivity index (χ3n) is 8.33. The van der Waals surface area contributed by atoms with Gasteiger partial charge in [0.15, 0.2) is 0 Å². The van der Waals surface area contributed by atoms with Crippen molar-refractivity contribution in [1.29, 1.82) is 10.8 Å². The van der Waals surface area contributed by atoms with Gasteiger partial charge in [0.05, 0.1) is 12.2 Å². The SMILES string of the molecule is CCCCCC(C)(C)c1cc(Oc2cccc(C(=O)OCCCC)c2)c2c(-c3ccccc3Cl)c3c(cc2c1)C(=N)NC3=N. The van der Waals surface area contributed by atoms with Crippen molar-refractivity contribution in [2.45, 2.75) is 71.6 Å². The number of benzene rings is 4. The molecule has 0 unspecified atom stereocenters. The van der Waals surface area contributed by atoms with E-state index >= 15 is 0 Å². The minimum Gasteiger partial charge on any atom is -0.462 e. The van der Waals surface area contributed by atoms with Gasteiger partial charge < -0.3 is 14.8 Å². The number of esters is 1. The summed E-state index contributed by atoms with van der Waals surface area (Å²) < 4.78 is 12.2. The van der Waals surface area contributed by atoms with E-state index in [0.29, 0.717) is 39.8 Å². The molecule has 3 N–H and O–H groups in total. The van der Waals surface area contributed by atoms with Crippen LogP contribution in [0.5, 0.6) is 11.5 Å². The second kappa shape index (κ2) is 13.2. The highest BCUT2D eigenvalue weighted by Gasteiger charge is 2.31. The second-order valence-electron chi connectivity index (χ2n) is 12.1. The molecule has 0 aromatic heterocycles. The summed E-state index contributed by atoms with van der Waals surface area (Å²) in [6, 6.07) is 20.9. The van der Waals surface area contributed by atoms with E-state index in [9.17, 15) is 4.79 Å². The zero-order valence-electron chi connectivity index (χ0n) is 25.9. The van der Waals surface area contributed by atoms with Crippen LogP contribution in [-0.2, 0) is 10.2 Å². The number of amidine groups is 2. The molecule has 0 fully saturated rings. The molecule has 0 spiro atoms. The van der Waals surface area contributed by atoms with Crippen LogP contribution >= 0.6 is 11.6 Å². The van der Waals surface area contributed by atoms with Crippen LogP contribution in [0.2, 0.25) is 5.02 Å². The molecule has 0 aliphatic carbocycles. The van der Waals surface area contributed by atoms with Crippen molar-refractivity contribution in [3.05, 3.63) is 94.0 Å². The Morgan fingerprint density at radius 3 is 2.39 bits per heavy atom. The molecule has 0 radical (unpaired) electrons. The molecule has 6 nitrogen and oxygen atoms in total. The Morgan fingerprint density at radius 1 is 0.864 bits per heavy atom. The molecule has 0 bridgehead atoms. The number of hydrogen-bond donors (Lipinski definition) is 3. The summed E-state index contributed by atoms with van der Waals surface area (Å²) in [6.45, 7) is 9.14. The molecule has 4 aromatic rings. The average molecular weight is 610 g/mol. The first-order valence-corrected chi connectivity index (χ1v) is 15.8. The highest BCUT2D eigenvalue weighted by molar-refractivity contribution is 6.36. The van der Waals surface area contributed by atoms with Gasteiger partial charge in [-0.1, -0.05) is 95.3 Å². The summed E-state index contributed by atoms with van der Waals surface area (Å²) in [5, 5.41) is 22.6. The van der Waals surface area contributed by atoms with Crippen molar-refractivity contribution in [3.8, 4) is 22.6 Å². The van der Waals surface area contributed by atoms with Gasteiger partial charge in [0.1, 0.15) is 23.2 Å². The predicted octanol–water partition coefficient (Wildman–Crippen LogP) is 10.0. The Kier molecular flexibility index (Phi) is 9.40. The number of hydrogen-bond acceptors (Lipinski definition) is 5. The molecule has 44 heavy (non-hydrogen) atoms. The van der Waals surface area contributed by atoms with Crippen molar-refractivity contribution < 1.29 is 14.3 Å². The quantitative estimate of drug-likeness (QED) is 0.110. The lowest BCUT2D eigenvalue weighted by molar-refractivity contribution is 0.0499. The van der Waals surface area contributed by atoms with E-state index in [0.717, 1.165) is 66.0 Å². The van der Waals surface area contributed by atoms with Gasteiger partial charge in [-0.3, -0.25) is 10.8 Å². The highest BCUT2D eigenvalue weighted by Crippen LogP contribution is 2.46. The molecule has 0 saturated heterocycles. The number of halogens is 1. The van der Waals surface area contributed by atoms with Crippen LogP contribution in [-0.4, -0.2) is 24.2 Å². The van der Waals surface area contributed by atoms with Gasteiger partial charge in [-0.05, 0) is 65.6 Å². The summed E-state index contributed by atoms with van der Waals surface area (Å²) in [5.74, 6) is 1.05. The Balaban J connectivity index is 1.74. The highest BCUT2D eigenvalue weighted by atomic mass is 35.5. The standard InChI is InChI=1S/C37H40ClN3O3/c1-5-7-11-17-37(3,4)25-19-24-21-28-33(35(40)41-34(28)39)32(27-15-9-10-16-29(27)38)31(24)30(22-25)44-26-14-12-13-23(20-26)36(42)43-18-8-6-2/h9-10,12-16,19-22H,5-8,11,17-18H2,1-4H3,(H3,39,40,41). The molecular weight excluding hydrogens is 570 g/mol.